The Morgan fingerprint density at radius 2 is 1.56 bits per heavy atom. The van der Waals surface area contributed by atoms with Crippen LogP contribution in [0.5, 0.6) is 0 Å². The van der Waals surface area contributed by atoms with Gasteiger partial charge in [0.05, 0.1) is 0 Å². The third kappa shape index (κ3) is 2.84. The maximum atomic E-state index is 11.7. The molecule has 1 rings (SSSR count). The normalized spacial score (nSPS) is 18.5. The first-order chi connectivity index (χ1) is 7.06. The summed E-state index contributed by atoms with van der Waals surface area (Å²) < 4.78 is 0. The van der Waals surface area contributed by atoms with E-state index in [1.54, 1.807) is 6.92 Å². The van der Waals surface area contributed by atoms with Gasteiger partial charge < -0.3 is 0 Å². The minimum absolute atomic E-state index is 0. The fraction of sp³-hybridized carbons (Fsp3) is 0.700. The molecule has 0 unspecified atom stereocenters. The van der Waals surface area contributed by atoms with Gasteiger partial charge in [-0.1, -0.05) is 26.7 Å². The number of hydrogen-bond donors (Lipinski definition) is 2. The van der Waals surface area contributed by atoms with Gasteiger partial charge in [0.15, 0.2) is 0 Å². The minimum atomic E-state index is -1.05. The van der Waals surface area contributed by atoms with Crippen LogP contribution in [0.4, 0.5) is 4.79 Å². The molecule has 16 heavy (non-hydrogen) atoms. The standard InChI is InChI=1S/C10H16N2O3.Na/c1-3-5-6-10(4-2)7(13)11-9(15)12-8(10)14;/h3-6H2,1-2H3,(H2,11,12,13,14,15);. The summed E-state index contributed by atoms with van der Waals surface area (Å²) >= 11 is 0. The van der Waals surface area contributed by atoms with E-state index >= 15 is 0 Å². The van der Waals surface area contributed by atoms with E-state index in [-0.39, 0.29) is 29.6 Å². The zero-order chi connectivity index (χ0) is 11.5. The molecule has 1 aliphatic heterocycles. The number of imide groups is 2. The number of carbonyl (C=O) groups is 3. The Bertz CT molecular complexity index is 284. The number of hydrogen-bond acceptors (Lipinski definition) is 3. The largest absolute Gasteiger partial charge is 0.328 e. The van der Waals surface area contributed by atoms with Crippen LogP contribution < -0.4 is 10.6 Å². The van der Waals surface area contributed by atoms with E-state index in [1.165, 1.54) is 0 Å². The van der Waals surface area contributed by atoms with Crippen LogP contribution in [0.3, 0.4) is 0 Å². The van der Waals surface area contributed by atoms with Gasteiger partial charge in [0.25, 0.3) is 0 Å². The first-order valence-corrected chi connectivity index (χ1v) is 5.23. The number of rotatable bonds is 4. The van der Waals surface area contributed by atoms with Crippen LogP contribution in [0, 0.1) is 5.41 Å². The molecule has 0 atom stereocenters. The van der Waals surface area contributed by atoms with Crippen molar-refractivity contribution in [2.75, 3.05) is 0 Å². The van der Waals surface area contributed by atoms with Gasteiger partial charge in [-0.05, 0) is 12.8 Å². The summed E-state index contributed by atoms with van der Waals surface area (Å²) in [5.41, 5.74) is -1.05. The Balaban J connectivity index is 0.00000225. The zero-order valence-electron chi connectivity index (χ0n) is 10.1. The van der Waals surface area contributed by atoms with E-state index in [0.717, 1.165) is 12.8 Å². The van der Waals surface area contributed by atoms with Crippen molar-refractivity contribution >= 4 is 47.4 Å². The molecule has 0 aromatic heterocycles. The van der Waals surface area contributed by atoms with E-state index in [2.05, 4.69) is 10.6 Å². The summed E-state index contributed by atoms with van der Waals surface area (Å²) in [5.74, 6) is -0.931. The molecule has 0 spiro atoms. The average molecular weight is 235 g/mol. The third-order valence-corrected chi connectivity index (χ3v) is 2.88. The first-order valence-electron chi connectivity index (χ1n) is 5.23. The summed E-state index contributed by atoms with van der Waals surface area (Å²) in [4.78, 5) is 34.3. The quantitative estimate of drug-likeness (QED) is 0.552. The summed E-state index contributed by atoms with van der Waals surface area (Å²) in [6.07, 6.45) is 2.61. The van der Waals surface area contributed by atoms with Gasteiger partial charge in [-0.2, -0.15) is 0 Å². The van der Waals surface area contributed by atoms with Crippen molar-refractivity contribution < 1.29 is 14.4 Å². The van der Waals surface area contributed by atoms with Crippen LogP contribution in [-0.4, -0.2) is 47.4 Å². The van der Waals surface area contributed by atoms with Crippen LogP contribution in [0.25, 0.3) is 0 Å². The summed E-state index contributed by atoms with van der Waals surface area (Å²) in [5, 5.41) is 4.30. The van der Waals surface area contributed by atoms with Gasteiger partial charge in [-0.15, -0.1) is 0 Å². The molecule has 1 aliphatic rings. The number of carbonyl (C=O) groups excluding carboxylic acids is 3. The van der Waals surface area contributed by atoms with Crippen molar-refractivity contribution in [3.8, 4) is 0 Å². The second-order valence-electron chi connectivity index (χ2n) is 3.78. The maximum absolute atomic E-state index is 11.7. The molecule has 6 heteroatoms. The van der Waals surface area contributed by atoms with Crippen LogP contribution in [0.1, 0.15) is 39.5 Å². The Morgan fingerprint density at radius 3 is 1.94 bits per heavy atom. The third-order valence-electron chi connectivity index (χ3n) is 2.88. The monoisotopic (exact) mass is 235 g/mol. The molecule has 0 bridgehead atoms. The van der Waals surface area contributed by atoms with Crippen LogP contribution >= 0.6 is 0 Å². The van der Waals surface area contributed by atoms with Crippen molar-refractivity contribution in [2.24, 2.45) is 5.41 Å². The SMILES string of the molecule is CCCCC1(CC)C(=O)NC(=O)NC1=O.[Na]. The smallest absolute Gasteiger partial charge is 0.277 e. The number of unbranched alkanes of at least 4 members (excludes halogenated alkanes) is 1. The van der Waals surface area contributed by atoms with Gasteiger partial charge in [-0.25, -0.2) is 4.79 Å². The van der Waals surface area contributed by atoms with E-state index in [9.17, 15) is 14.4 Å². The molecular formula is C10H16N2NaO3. The Morgan fingerprint density at radius 1 is 1.06 bits per heavy atom. The molecule has 2 N–H and O–H groups in total. The summed E-state index contributed by atoms with van der Waals surface area (Å²) in [7, 11) is 0. The molecule has 1 radical (unpaired) electrons. The van der Waals surface area contributed by atoms with Crippen molar-refractivity contribution in [3.05, 3.63) is 0 Å². The molecule has 5 nitrogen and oxygen atoms in total. The summed E-state index contributed by atoms with van der Waals surface area (Å²) in [6.45, 7) is 3.78. The molecule has 4 amide bonds. The van der Waals surface area contributed by atoms with Crippen molar-refractivity contribution in [1.82, 2.24) is 10.6 Å². The molecule has 1 heterocycles. The Hall–Kier alpha value is -0.390. The van der Waals surface area contributed by atoms with Gasteiger partial charge >= 0.3 is 6.03 Å². The molecule has 85 valence electrons. The molecule has 1 saturated heterocycles. The predicted octanol–water partition coefficient (Wildman–Crippen LogP) is 0.558. The van der Waals surface area contributed by atoms with E-state index in [0.29, 0.717) is 12.8 Å². The van der Waals surface area contributed by atoms with E-state index < -0.39 is 23.3 Å². The number of amides is 4. The van der Waals surface area contributed by atoms with E-state index in [1.807, 2.05) is 6.92 Å². The van der Waals surface area contributed by atoms with Crippen molar-refractivity contribution in [3.63, 3.8) is 0 Å². The molecule has 0 saturated carbocycles. The second-order valence-corrected chi connectivity index (χ2v) is 3.78. The fourth-order valence-corrected chi connectivity index (χ4v) is 1.78. The number of nitrogens with one attached hydrogen (secondary N) is 2. The van der Waals surface area contributed by atoms with Crippen LogP contribution in [0.15, 0.2) is 0 Å². The second kappa shape index (κ2) is 6.37. The summed E-state index contributed by atoms with van der Waals surface area (Å²) in [6, 6.07) is -0.717. The topological polar surface area (TPSA) is 75.3 Å². The average Bonchev–Trinajstić information content (AvgIpc) is 2.17. The molecular weight excluding hydrogens is 219 g/mol. The van der Waals surface area contributed by atoms with Gasteiger partial charge in [-0.3, -0.25) is 20.2 Å². The van der Waals surface area contributed by atoms with Crippen LogP contribution in [0.2, 0.25) is 0 Å². The van der Waals surface area contributed by atoms with Gasteiger partial charge in [0.1, 0.15) is 5.41 Å². The van der Waals surface area contributed by atoms with E-state index in [4.69, 9.17) is 0 Å². The predicted molar refractivity (Wildman–Crippen MR) is 59.7 cm³/mol. The number of urea groups is 1. The molecule has 0 aromatic rings. The molecule has 0 aliphatic carbocycles. The molecule has 0 aromatic carbocycles. The fourth-order valence-electron chi connectivity index (χ4n) is 1.78. The van der Waals surface area contributed by atoms with Crippen molar-refractivity contribution in [1.29, 1.82) is 0 Å². The molecule has 1 fully saturated rings. The first kappa shape index (κ1) is 15.6. The van der Waals surface area contributed by atoms with Crippen molar-refractivity contribution in [2.45, 2.75) is 39.5 Å². The zero-order valence-corrected chi connectivity index (χ0v) is 12.1. The Kier molecular flexibility index (Phi) is 6.22. The Labute approximate surface area is 117 Å². The minimum Gasteiger partial charge on any atom is -0.277 e. The number of barbiturate groups is 1. The van der Waals surface area contributed by atoms with Gasteiger partial charge in [0, 0.05) is 29.6 Å². The maximum Gasteiger partial charge on any atom is 0.328 e. The van der Waals surface area contributed by atoms with Crippen LogP contribution in [-0.2, 0) is 9.59 Å². The van der Waals surface area contributed by atoms with Gasteiger partial charge in [0.2, 0.25) is 11.8 Å².